The maximum absolute atomic E-state index is 10.8. The fourth-order valence-corrected chi connectivity index (χ4v) is 0.805. The van der Waals surface area contributed by atoms with Gasteiger partial charge in [-0.25, -0.2) is 9.48 Å². The van der Waals surface area contributed by atoms with E-state index in [1.165, 1.54) is 7.05 Å². The number of hydrogen-bond acceptors (Lipinski definition) is 3. The van der Waals surface area contributed by atoms with Crippen molar-refractivity contribution in [2.75, 3.05) is 0 Å². The normalized spacial score (nSPS) is 9.64. The van der Waals surface area contributed by atoms with Crippen LogP contribution in [0.15, 0.2) is 4.79 Å². The Bertz CT molecular complexity index is 327. The van der Waals surface area contributed by atoms with E-state index in [1.807, 2.05) is 0 Å². The first-order valence-corrected chi connectivity index (χ1v) is 3.77. The number of amides is 1. The molecule has 0 aromatic carbocycles. The summed E-state index contributed by atoms with van der Waals surface area (Å²) in [5, 5.41) is 3.61. The van der Waals surface area contributed by atoms with E-state index in [1.54, 1.807) is 22.9 Å². The first kappa shape index (κ1) is 8.24. The first-order chi connectivity index (χ1) is 5.15. The smallest absolute Gasteiger partial charge is 0.292 e. The van der Waals surface area contributed by atoms with Crippen molar-refractivity contribution in [2.45, 2.75) is 0 Å². The quantitative estimate of drug-likeness (QED) is 0.516. The molecule has 0 radical (unpaired) electrons. The van der Waals surface area contributed by atoms with Crippen LogP contribution in [0.5, 0.6) is 0 Å². The SMILES string of the molecule is Cn1nc(C(=O)NI)[nH]c1=O. The van der Waals surface area contributed by atoms with Gasteiger partial charge in [0.05, 0.1) is 22.9 Å². The number of aromatic nitrogens is 3. The number of nitrogens with one attached hydrogen (secondary N) is 2. The van der Waals surface area contributed by atoms with E-state index in [9.17, 15) is 9.59 Å². The highest BCUT2D eigenvalue weighted by Crippen LogP contribution is 1.85. The fraction of sp³-hybridized carbons (Fsp3) is 0.250. The van der Waals surface area contributed by atoms with Gasteiger partial charge in [0.25, 0.3) is 5.91 Å². The maximum atomic E-state index is 10.8. The van der Waals surface area contributed by atoms with Gasteiger partial charge in [-0.15, -0.1) is 5.10 Å². The second kappa shape index (κ2) is 3.03. The van der Waals surface area contributed by atoms with Crippen LogP contribution in [-0.4, -0.2) is 20.7 Å². The van der Waals surface area contributed by atoms with Crippen LogP contribution in [0, 0.1) is 0 Å². The van der Waals surface area contributed by atoms with Gasteiger partial charge in [-0.2, -0.15) is 0 Å². The molecular weight excluding hydrogens is 263 g/mol. The number of carbonyl (C=O) groups is 1. The number of aromatic amines is 1. The summed E-state index contributed by atoms with van der Waals surface area (Å²) in [6, 6.07) is 0. The van der Waals surface area contributed by atoms with Gasteiger partial charge < -0.3 is 0 Å². The third kappa shape index (κ3) is 1.59. The summed E-state index contributed by atoms with van der Waals surface area (Å²) in [4.78, 5) is 23.8. The Hall–Kier alpha value is -0.860. The fourth-order valence-electron chi connectivity index (χ4n) is 0.550. The van der Waals surface area contributed by atoms with Gasteiger partial charge in [-0.3, -0.25) is 13.3 Å². The number of rotatable bonds is 1. The van der Waals surface area contributed by atoms with Crippen molar-refractivity contribution in [2.24, 2.45) is 7.05 Å². The second-order valence-electron chi connectivity index (χ2n) is 1.83. The summed E-state index contributed by atoms with van der Waals surface area (Å²) in [5.74, 6) is -0.393. The molecule has 0 aliphatic rings. The zero-order chi connectivity index (χ0) is 8.43. The van der Waals surface area contributed by atoms with Crippen molar-refractivity contribution >= 4 is 28.8 Å². The summed E-state index contributed by atoms with van der Waals surface area (Å²) >= 11 is 1.67. The Morgan fingerprint density at radius 2 is 2.45 bits per heavy atom. The third-order valence-electron chi connectivity index (χ3n) is 1.07. The molecule has 0 saturated heterocycles. The summed E-state index contributed by atoms with van der Waals surface area (Å²) in [6.07, 6.45) is 0. The molecule has 0 aliphatic carbocycles. The molecule has 1 aromatic rings. The Kier molecular flexibility index (Phi) is 2.27. The standard InChI is InChI=1S/C4H5IN4O2/c1-9-4(11)6-2(8-9)3(10)7-5/h1H3,(H,7,10)(H,6,8,11). The summed E-state index contributed by atoms with van der Waals surface area (Å²) in [7, 11) is 1.46. The van der Waals surface area contributed by atoms with Crippen molar-refractivity contribution < 1.29 is 4.79 Å². The van der Waals surface area contributed by atoms with Crippen LogP contribution in [0.4, 0.5) is 0 Å². The van der Waals surface area contributed by atoms with Crippen LogP contribution in [0.1, 0.15) is 10.6 Å². The average molecular weight is 268 g/mol. The van der Waals surface area contributed by atoms with Crippen LogP contribution >= 0.6 is 22.9 Å². The largest absolute Gasteiger partial charge is 0.343 e. The summed E-state index contributed by atoms with van der Waals surface area (Å²) < 4.78 is 3.36. The van der Waals surface area contributed by atoms with E-state index < -0.39 is 11.6 Å². The first-order valence-electron chi connectivity index (χ1n) is 2.69. The molecule has 11 heavy (non-hydrogen) atoms. The van der Waals surface area contributed by atoms with Crippen LogP contribution in [-0.2, 0) is 7.05 Å². The van der Waals surface area contributed by atoms with Crippen molar-refractivity contribution in [1.29, 1.82) is 0 Å². The zero-order valence-corrected chi connectivity index (χ0v) is 7.75. The lowest BCUT2D eigenvalue weighted by Gasteiger charge is -1.87. The van der Waals surface area contributed by atoms with Crippen LogP contribution in [0.3, 0.4) is 0 Å². The lowest BCUT2D eigenvalue weighted by atomic mass is 10.6. The number of H-pyrrole nitrogens is 1. The van der Waals surface area contributed by atoms with Gasteiger partial charge in [-0.05, 0) is 0 Å². The van der Waals surface area contributed by atoms with Crippen molar-refractivity contribution in [3.63, 3.8) is 0 Å². The second-order valence-corrected chi connectivity index (χ2v) is 2.37. The number of aryl methyl sites for hydroxylation is 1. The van der Waals surface area contributed by atoms with E-state index in [0.717, 1.165) is 4.68 Å². The number of carbonyl (C=O) groups excluding carboxylic acids is 1. The predicted octanol–water partition coefficient (Wildman–Crippen LogP) is -0.812. The van der Waals surface area contributed by atoms with Gasteiger partial charge in [0, 0.05) is 7.05 Å². The topological polar surface area (TPSA) is 79.8 Å². The minimum absolute atomic E-state index is 0.0203. The number of hydrogen-bond donors (Lipinski definition) is 2. The minimum Gasteiger partial charge on any atom is -0.292 e. The van der Waals surface area contributed by atoms with Crippen LogP contribution < -0.4 is 9.22 Å². The lowest BCUT2D eigenvalue weighted by molar-refractivity contribution is 0.0979. The number of nitrogens with zero attached hydrogens (tertiary/aromatic N) is 2. The molecule has 1 rings (SSSR count). The Labute approximate surface area is 75.5 Å². The third-order valence-corrected chi connectivity index (χ3v) is 1.56. The van der Waals surface area contributed by atoms with Crippen molar-refractivity contribution in [3.8, 4) is 0 Å². The molecule has 1 amide bonds. The summed E-state index contributed by atoms with van der Waals surface area (Å²) in [6.45, 7) is 0. The van der Waals surface area contributed by atoms with Gasteiger partial charge in [0.2, 0.25) is 5.82 Å². The van der Waals surface area contributed by atoms with E-state index in [4.69, 9.17) is 0 Å². The molecule has 0 spiro atoms. The molecule has 1 heterocycles. The molecule has 6 nitrogen and oxygen atoms in total. The molecular formula is C4H5IN4O2. The molecule has 0 fully saturated rings. The van der Waals surface area contributed by atoms with Crippen LogP contribution in [0.2, 0.25) is 0 Å². The molecule has 0 unspecified atom stereocenters. The minimum atomic E-state index is -0.414. The average Bonchev–Trinajstić information content (AvgIpc) is 2.31. The van der Waals surface area contributed by atoms with E-state index in [-0.39, 0.29) is 5.82 Å². The molecule has 0 bridgehead atoms. The highest BCUT2D eigenvalue weighted by Gasteiger charge is 2.08. The molecule has 2 N–H and O–H groups in total. The van der Waals surface area contributed by atoms with Gasteiger partial charge in [-0.1, -0.05) is 0 Å². The number of halogens is 1. The Morgan fingerprint density at radius 1 is 1.82 bits per heavy atom. The molecule has 0 aliphatic heterocycles. The predicted molar refractivity (Wildman–Crippen MR) is 45.3 cm³/mol. The highest BCUT2D eigenvalue weighted by molar-refractivity contribution is 14.1. The van der Waals surface area contributed by atoms with Crippen molar-refractivity contribution in [1.82, 2.24) is 18.3 Å². The van der Waals surface area contributed by atoms with Gasteiger partial charge >= 0.3 is 5.69 Å². The lowest BCUT2D eigenvalue weighted by Crippen LogP contribution is -2.14. The van der Waals surface area contributed by atoms with Gasteiger partial charge in [0.1, 0.15) is 0 Å². The van der Waals surface area contributed by atoms with Gasteiger partial charge in [0.15, 0.2) is 0 Å². The molecule has 7 heteroatoms. The van der Waals surface area contributed by atoms with Crippen LogP contribution in [0.25, 0.3) is 0 Å². The van der Waals surface area contributed by atoms with E-state index in [0.29, 0.717) is 0 Å². The Balaban J connectivity index is 3.07. The van der Waals surface area contributed by atoms with Crippen molar-refractivity contribution in [3.05, 3.63) is 16.3 Å². The maximum Gasteiger partial charge on any atom is 0.343 e. The molecule has 0 saturated carbocycles. The molecule has 1 aromatic heterocycles. The zero-order valence-electron chi connectivity index (χ0n) is 5.59. The highest BCUT2D eigenvalue weighted by atomic mass is 127. The van der Waals surface area contributed by atoms with E-state index in [2.05, 4.69) is 13.6 Å². The molecule has 60 valence electrons. The Morgan fingerprint density at radius 3 is 2.82 bits per heavy atom. The van der Waals surface area contributed by atoms with E-state index >= 15 is 0 Å². The summed E-state index contributed by atoms with van der Waals surface area (Å²) in [5.41, 5.74) is -0.403. The monoisotopic (exact) mass is 268 g/mol. The molecule has 0 atom stereocenters.